The first-order chi connectivity index (χ1) is 7.90. The summed E-state index contributed by atoms with van der Waals surface area (Å²) in [4.78, 5) is 11.4. The summed E-state index contributed by atoms with van der Waals surface area (Å²) in [6, 6.07) is 0. The molecular weight excluding hydrogens is 246 g/mol. The van der Waals surface area contributed by atoms with Crippen molar-refractivity contribution in [3.05, 3.63) is 0 Å². The molecule has 0 aromatic rings. The first-order valence-electron chi connectivity index (χ1n) is 5.98. The van der Waals surface area contributed by atoms with Gasteiger partial charge in [0.05, 0.1) is 7.11 Å². The van der Waals surface area contributed by atoms with Crippen LogP contribution in [0.2, 0.25) is 0 Å². The molecule has 0 saturated heterocycles. The number of carbonyl (C=O) groups is 1. The van der Waals surface area contributed by atoms with E-state index in [1.54, 1.807) is 0 Å². The first kappa shape index (κ1) is 16.7. The van der Waals surface area contributed by atoms with Crippen molar-refractivity contribution in [3.8, 4) is 0 Å². The molecule has 0 aliphatic rings. The number of hydrogen-bond donors (Lipinski definition) is 0. The third-order valence-corrected chi connectivity index (χ3v) is 3.70. The highest BCUT2D eigenvalue weighted by Gasteiger charge is 2.21. The summed E-state index contributed by atoms with van der Waals surface area (Å²) in [5.41, 5.74) is 0. The summed E-state index contributed by atoms with van der Waals surface area (Å²) in [6.07, 6.45) is 2.83. The third-order valence-electron chi connectivity index (χ3n) is 2.34. The fraction of sp³-hybridized carbons (Fsp3) is 0.917. The average molecular weight is 268 g/mol. The van der Waals surface area contributed by atoms with Crippen molar-refractivity contribution in [2.24, 2.45) is 0 Å². The van der Waals surface area contributed by atoms with Crippen molar-refractivity contribution in [1.82, 2.24) is 0 Å². The highest BCUT2D eigenvalue weighted by molar-refractivity contribution is 8.00. The summed E-state index contributed by atoms with van der Waals surface area (Å²) in [5.74, 6) is -2.05. The number of rotatable bonds is 9. The zero-order valence-electron chi connectivity index (χ0n) is 10.8. The lowest BCUT2D eigenvalue weighted by molar-refractivity contribution is -0.140. The fourth-order valence-electron chi connectivity index (χ4n) is 1.43. The van der Waals surface area contributed by atoms with Gasteiger partial charge in [0, 0.05) is 6.42 Å². The predicted octanol–water partition coefficient (Wildman–Crippen LogP) is 3.89. The Morgan fingerprint density at radius 1 is 1.41 bits per heavy atom. The van der Waals surface area contributed by atoms with Crippen LogP contribution >= 0.6 is 11.8 Å². The monoisotopic (exact) mass is 268 g/mol. The smallest absolute Gasteiger partial charge is 0.318 e. The van der Waals surface area contributed by atoms with Crippen LogP contribution in [0.1, 0.15) is 46.0 Å². The first-order valence-corrected chi connectivity index (χ1v) is 7.03. The molecule has 0 rings (SSSR count). The Balaban J connectivity index is 3.72. The lowest BCUT2D eigenvalue weighted by Gasteiger charge is -2.13. The molecule has 0 heterocycles. The number of methoxy groups -OCH3 is 1. The minimum Gasteiger partial charge on any atom is -0.468 e. The van der Waals surface area contributed by atoms with Crippen LogP contribution in [0, 0.1) is 0 Å². The van der Waals surface area contributed by atoms with Gasteiger partial charge in [-0.1, -0.05) is 13.3 Å². The summed E-state index contributed by atoms with van der Waals surface area (Å²) >= 11 is 1.51. The second kappa shape index (κ2) is 8.72. The Morgan fingerprint density at radius 2 is 2.06 bits per heavy atom. The van der Waals surface area contributed by atoms with Gasteiger partial charge in [0.15, 0.2) is 0 Å². The summed E-state index contributed by atoms with van der Waals surface area (Å²) in [7, 11) is 1.38. The topological polar surface area (TPSA) is 26.3 Å². The quantitative estimate of drug-likeness (QED) is 0.469. The third kappa shape index (κ3) is 9.39. The predicted molar refractivity (Wildman–Crippen MR) is 67.6 cm³/mol. The van der Waals surface area contributed by atoms with Gasteiger partial charge in [-0.05, 0) is 31.9 Å². The van der Waals surface area contributed by atoms with Gasteiger partial charge in [-0.15, -0.1) is 11.8 Å². The lowest BCUT2D eigenvalue weighted by atomic mass is 10.2. The molecule has 1 atom stereocenters. The number of unbranched alkanes of at least 4 members (excludes halogenated alkanes) is 1. The van der Waals surface area contributed by atoms with E-state index in [4.69, 9.17) is 4.74 Å². The highest BCUT2D eigenvalue weighted by Crippen LogP contribution is 2.23. The minimum atomic E-state index is -2.57. The van der Waals surface area contributed by atoms with Crippen molar-refractivity contribution in [1.29, 1.82) is 0 Å². The van der Waals surface area contributed by atoms with Crippen LogP contribution in [0.15, 0.2) is 0 Å². The van der Waals surface area contributed by atoms with E-state index in [0.29, 0.717) is 12.8 Å². The fourth-order valence-corrected chi connectivity index (χ4v) is 2.72. The normalized spacial score (nSPS) is 13.5. The van der Waals surface area contributed by atoms with Gasteiger partial charge < -0.3 is 4.74 Å². The van der Waals surface area contributed by atoms with E-state index in [9.17, 15) is 13.6 Å². The number of esters is 1. The zero-order chi connectivity index (χ0) is 13.3. The van der Waals surface area contributed by atoms with Crippen LogP contribution in [-0.4, -0.2) is 30.0 Å². The van der Waals surface area contributed by atoms with Gasteiger partial charge >= 0.3 is 5.97 Å². The molecule has 0 amide bonds. The second-order valence-corrected chi connectivity index (χ2v) is 5.51. The molecule has 0 N–H and O–H groups in total. The van der Waals surface area contributed by atoms with Gasteiger partial charge in [-0.25, -0.2) is 8.78 Å². The largest absolute Gasteiger partial charge is 0.468 e. The number of hydrogen-bond acceptors (Lipinski definition) is 3. The SMILES string of the molecule is CCCC(SCCCCC(C)(F)F)C(=O)OC. The number of halogens is 2. The number of carbonyl (C=O) groups excluding carboxylic acids is 1. The maximum Gasteiger partial charge on any atom is 0.318 e. The average Bonchev–Trinajstić information content (AvgIpc) is 2.24. The van der Waals surface area contributed by atoms with Crippen LogP contribution in [-0.2, 0) is 9.53 Å². The number of thioether (sulfide) groups is 1. The van der Waals surface area contributed by atoms with Crippen LogP contribution in [0.25, 0.3) is 0 Å². The molecule has 0 aromatic carbocycles. The van der Waals surface area contributed by atoms with Crippen molar-refractivity contribution < 1.29 is 18.3 Å². The molecule has 0 aliphatic heterocycles. The maximum atomic E-state index is 12.5. The minimum absolute atomic E-state index is 0.0791. The van der Waals surface area contributed by atoms with Gasteiger partial charge in [0.25, 0.3) is 0 Å². The molecule has 0 aromatic heterocycles. The molecule has 5 heteroatoms. The molecule has 1 unspecified atom stereocenters. The van der Waals surface area contributed by atoms with Crippen molar-refractivity contribution in [3.63, 3.8) is 0 Å². The summed E-state index contributed by atoms with van der Waals surface area (Å²) in [6.45, 7) is 2.95. The Morgan fingerprint density at radius 3 is 2.53 bits per heavy atom. The summed E-state index contributed by atoms with van der Waals surface area (Å²) in [5, 5.41) is -0.146. The summed E-state index contributed by atoms with van der Waals surface area (Å²) < 4.78 is 29.8. The molecule has 102 valence electrons. The molecule has 0 bridgehead atoms. The van der Waals surface area contributed by atoms with E-state index in [1.807, 2.05) is 6.92 Å². The van der Waals surface area contributed by atoms with E-state index >= 15 is 0 Å². The number of ether oxygens (including phenoxy) is 1. The van der Waals surface area contributed by atoms with Gasteiger partial charge in [-0.2, -0.15) is 0 Å². The van der Waals surface area contributed by atoms with Crippen LogP contribution in [0.4, 0.5) is 8.78 Å². The maximum absolute atomic E-state index is 12.5. The molecule has 0 aliphatic carbocycles. The van der Waals surface area contributed by atoms with Gasteiger partial charge in [0.2, 0.25) is 5.92 Å². The van der Waals surface area contributed by atoms with E-state index in [2.05, 4.69) is 0 Å². The Labute approximate surface area is 106 Å². The van der Waals surface area contributed by atoms with E-state index in [0.717, 1.165) is 25.5 Å². The standard InChI is InChI=1S/C12H22F2O2S/c1-4-7-10(11(15)16-3)17-9-6-5-8-12(2,13)14/h10H,4-9H2,1-3H3. The van der Waals surface area contributed by atoms with Crippen LogP contribution < -0.4 is 0 Å². The van der Waals surface area contributed by atoms with E-state index in [-0.39, 0.29) is 17.6 Å². The molecule has 0 fully saturated rings. The van der Waals surface area contributed by atoms with Crippen molar-refractivity contribution in [2.45, 2.75) is 57.1 Å². The zero-order valence-corrected chi connectivity index (χ0v) is 11.6. The Bertz CT molecular complexity index is 217. The van der Waals surface area contributed by atoms with E-state index in [1.165, 1.54) is 18.9 Å². The molecule has 2 nitrogen and oxygen atoms in total. The van der Waals surface area contributed by atoms with Crippen LogP contribution in [0.5, 0.6) is 0 Å². The van der Waals surface area contributed by atoms with Gasteiger partial charge in [0.1, 0.15) is 5.25 Å². The Hall–Kier alpha value is -0.320. The van der Waals surface area contributed by atoms with Crippen molar-refractivity contribution >= 4 is 17.7 Å². The lowest BCUT2D eigenvalue weighted by Crippen LogP contribution is -2.19. The molecule has 0 saturated carbocycles. The number of alkyl halides is 2. The molecule has 0 spiro atoms. The van der Waals surface area contributed by atoms with Crippen LogP contribution in [0.3, 0.4) is 0 Å². The molecule has 0 radical (unpaired) electrons. The molecular formula is C12H22F2O2S. The van der Waals surface area contributed by atoms with E-state index < -0.39 is 5.92 Å². The highest BCUT2D eigenvalue weighted by atomic mass is 32.2. The Kier molecular flexibility index (Phi) is 8.56. The second-order valence-electron chi connectivity index (χ2n) is 4.20. The molecule has 17 heavy (non-hydrogen) atoms. The van der Waals surface area contributed by atoms with Crippen molar-refractivity contribution in [2.75, 3.05) is 12.9 Å². The van der Waals surface area contributed by atoms with Gasteiger partial charge in [-0.3, -0.25) is 4.79 Å².